The summed E-state index contributed by atoms with van der Waals surface area (Å²) in [7, 11) is 0. The number of amides is 3. The molecule has 2 heterocycles. The Balaban J connectivity index is 1.49. The standard InChI is InChI=1S/C20H19N5O3/c1-12-7-9-14(10-8-12)25-19(27)17-18(20(25)28)24(23-22-17)11-16(26)21-15-6-4-3-5-13(15)2/h3-10,17-18H,11H2,1-2H3,(H,21,26)/t17-,18+/m0/s1. The largest absolute Gasteiger partial charge is 0.324 e. The van der Waals surface area contributed by atoms with Crippen molar-refractivity contribution < 1.29 is 14.4 Å². The third-order valence-electron chi connectivity index (χ3n) is 4.87. The number of para-hydroxylation sites is 1. The molecule has 8 heteroatoms. The highest BCUT2D eigenvalue weighted by molar-refractivity contribution is 6.25. The van der Waals surface area contributed by atoms with Crippen molar-refractivity contribution in [3.05, 3.63) is 59.7 Å². The lowest BCUT2D eigenvalue weighted by molar-refractivity contribution is -0.123. The van der Waals surface area contributed by atoms with Crippen LogP contribution in [0.15, 0.2) is 58.9 Å². The quantitative estimate of drug-likeness (QED) is 0.827. The van der Waals surface area contributed by atoms with Crippen LogP contribution in [0.2, 0.25) is 0 Å². The highest BCUT2D eigenvalue weighted by Crippen LogP contribution is 2.31. The molecule has 2 aliphatic heterocycles. The lowest BCUT2D eigenvalue weighted by Crippen LogP contribution is -2.43. The molecule has 2 atom stereocenters. The fraction of sp³-hybridized carbons (Fsp3) is 0.250. The first-order valence-corrected chi connectivity index (χ1v) is 8.93. The number of benzene rings is 2. The number of hydrogen-bond donors (Lipinski definition) is 1. The molecule has 4 rings (SSSR count). The Morgan fingerprint density at radius 3 is 2.46 bits per heavy atom. The van der Waals surface area contributed by atoms with E-state index in [0.717, 1.165) is 16.0 Å². The van der Waals surface area contributed by atoms with E-state index in [1.807, 2.05) is 44.2 Å². The van der Waals surface area contributed by atoms with E-state index >= 15 is 0 Å². The molecule has 0 aromatic heterocycles. The summed E-state index contributed by atoms with van der Waals surface area (Å²) in [5.41, 5.74) is 3.14. The Morgan fingerprint density at radius 1 is 1.04 bits per heavy atom. The van der Waals surface area contributed by atoms with Crippen LogP contribution in [0, 0.1) is 13.8 Å². The fourth-order valence-electron chi connectivity index (χ4n) is 3.35. The minimum absolute atomic E-state index is 0.167. The molecule has 0 bridgehead atoms. The molecule has 2 aliphatic rings. The molecular formula is C20H19N5O3. The Bertz CT molecular complexity index is 986. The van der Waals surface area contributed by atoms with E-state index in [1.54, 1.807) is 18.2 Å². The van der Waals surface area contributed by atoms with E-state index in [-0.39, 0.29) is 12.5 Å². The smallest absolute Gasteiger partial charge is 0.263 e. The number of hydrogen-bond acceptors (Lipinski definition) is 6. The van der Waals surface area contributed by atoms with Crippen LogP contribution in [0.3, 0.4) is 0 Å². The van der Waals surface area contributed by atoms with Gasteiger partial charge in [0.15, 0.2) is 12.1 Å². The highest BCUT2D eigenvalue weighted by Gasteiger charge is 2.55. The average molecular weight is 377 g/mol. The number of nitrogens with one attached hydrogen (secondary N) is 1. The summed E-state index contributed by atoms with van der Waals surface area (Å²) in [5, 5.41) is 11.9. The van der Waals surface area contributed by atoms with Gasteiger partial charge in [-0.3, -0.25) is 19.4 Å². The van der Waals surface area contributed by atoms with Gasteiger partial charge in [0.2, 0.25) is 5.91 Å². The zero-order valence-electron chi connectivity index (χ0n) is 15.5. The van der Waals surface area contributed by atoms with Gasteiger partial charge in [0, 0.05) is 5.69 Å². The number of anilines is 2. The summed E-state index contributed by atoms with van der Waals surface area (Å²) in [6, 6.07) is 12.7. The van der Waals surface area contributed by atoms with E-state index < -0.39 is 23.9 Å². The van der Waals surface area contributed by atoms with Crippen molar-refractivity contribution in [2.45, 2.75) is 25.9 Å². The summed E-state index contributed by atoms with van der Waals surface area (Å²) in [4.78, 5) is 39.1. The number of fused-ring (bicyclic) bond motifs is 1. The molecule has 1 saturated heterocycles. The maximum Gasteiger partial charge on any atom is 0.263 e. The van der Waals surface area contributed by atoms with Gasteiger partial charge in [0.05, 0.1) is 5.69 Å². The zero-order chi connectivity index (χ0) is 19.8. The molecule has 0 saturated carbocycles. The van der Waals surface area contributed by atoms with Crippen molar-refractivity contribution in [1.82, 2.24) is 5.01 Å². The van der Waals surface area contributed by atoms with E-state index in [9.17, 15) is 14.4 Å². The lowest BCUT2D eigenvalue weighted by Gasteiger charge is -2.20. The van der Waals surface area contributed by atoms with Crippen molar-refractivity contribution in [2.24, 2.45) is 10.3 Å². The van der Waals surface area contributed by atoms with Crippen LogP contribution in [0.25, 0.3) is 0 Å². The third kappa shape index (κ3) is 3.02. The number of nitrogens with zero attached hydrogens (tertiary/aromatic N) is 4. The second-order valence-electron chi connectivity index (χ2n) is 6.90. The lowest BCUT2D eigenvalue weighted by atomic mass is 10.1. The van der Waals surface area contributed by atoms with Gasteiger partial charge in [0.25, 0.3) is 11.8 Å². The van der Waals surface area contributed by atoms with Gasteiger partial charge in [-0.15, -0.1) is 0 Å². The predicted octanol–water partition coefficient (Wildman–Crippen LogP) is 2.24. The molecule has 0 spiro atoms. The van der Waals surface area contributed by atoms with Crippen LogP contribution in [-0.2, 0) is 14.4 Å². The van der Waals surface area contributed by atoms with Crippen LogP contribution in [0.1, 0.15) is 11.1 Å². The highest BCUT2D eigenvalue weighted by atomic mass is 16.2. The number of imide groups is 1. The number of rotatable bonds is 4. The molecule has 8 nitrogen and oxygen atoms in total. The summed E-state index contributed by atoms with van der Waals surface area (Å²) >= 11 is 0. The first-order valence-electron chi connectivity index (χ1n) is 8.93. The SMILES string of the molecule is Cc1ccc(N2C(=O)[C@H]3N=NN(CC(=O)Nc4ccccc4C)[C@H]3C2=O)cc1. The van der Waals surface area contributed by atoms with E-state index in [4.69, 9.17) is 0 Å². The number of carbonyl (C=O) groups is 3. The van der Waals surface area contributed by atoms with Crippen molar-refractivity contribution in [3.63, 3.8) is 0 Å². The van der Waals surface area contributed by atoms with Gasteiger partial charge in [0.1, 0.15) is 6.54 Å². The van der Waals surface area contributed by atoms with Crippen LogP contribution < -0.4 is 10.2 Å². The topological polar surface area (TPSA) is 94.4 Å². The van der Waals surface area contributed by atoms with Crippen LogP contribution in [-0.4, -0.2) is 41.4 Å². The number of aryl methyl sites for hydroxylation is 2. The molecule has 3 amide bonds. The molecule has 1 N–H and O–H groups in total. The Morgan fingerprint density at radius 2 is 1.75 bits per heavy atom. The summed E-state index contributed by atoms with van der Waals surface area (Å²) < 4.78 is 0. The second kappa shape index (κ2) is 6.88. The fourth-order valence-corrected chi connectivity index (χ4v) is 3.35. The van der Waals surface area contributed by atoms with Crippen molar-refractivity contribution in [2.75, 3.05) is 16.8 Å². The molecule has 28 heavy (non-hydrogen) atoms. The van der Waals surface area contributed by atoms with E-state index in [1.165, 1.54) is 5.01 Å². The van der Waals surface area contributed by atoms with Crippen molar-refractivity contribution in [1.29, 1.82) is 0 Å². The first-order chi connectivity index (χ1) is 13.5. The predicted molar refractivity (Wildman–Crippen MR) is 103 cm³/mol. The molecule has 0 aliphatic carbocycles. The number of carbonyl (C=O) groups excluding carboxylic acids is 3. The Kier molecular flexibility index (Phi) is 4.38. The van der Waals surface area contributed by atoms with Gasteiger partial charge in [-0.05, 0) is 37.6 Å². The second-order valence-corrected chi connectivity index (χ2v) is 6.90. The summed E-state index contributed by atoms with van der Waals surface area (Å²) in [6.07, 6.45) is 0. The zero-order valence-corrected chi connectivity index (χ0v) is 15.5. The van der Waals surface area contributed by atoms with Crippen molar-refractivity contribution in [3.8, 4) is 0 Å². The molecule has 0 unspecified atom stereocenters. The average Bonchev–Trinajstić information content (AvgIpc) is 3.18. The van der Waals surface area contributed by atoms with Gasteiger partial charge in [-0.1, -0.05) is 41.1 Å². The maximum atomic E-state index is 12.9. The summed E-state index contributed by atoms with van der Waals surface area (Å²) in [6.45, 7) is 3.65. The monoisotopic (exact) mass is 377 g/mol. The molecule has 2 aromatic rings. The molecule has 0 radical (unpaired) electrons. The minimum atomic E-state index is -0.917. The van der Waals surface area contributed by atoms with Gasteiger partial charge in [-0.25, -0.2) is 4.90 Å². The molecular weight excluding hydrogens is 358 g/mol. The maximum absolute atomic E-state index is 12.9. The van der Waals surface area contributed by atoms with Crippen LogP contribution in [0.5, 0.6) is 0 Å². The Labute approximate surface area is 161 Å². The molecule has 2 aromatic carbocycles. The molecule has 142 valence electrons. The van der Waals surface area contributed by atoms with Gasteiger partial charge >= 0.3 is 0 Å². The van der Waals surface area contributed by atoms with Crippen molar-refractivity contribution >= 4 is 29.1 Å². The Hall–Kier alpha value is -3.55. The summed E-state index contributed by atoms with van der Waals surface area (Å²) in [5.74, 6) is -1.18. The van der Waals surface area contributed by atoms with E-state index in [2.05, 4.69) is 15.7 Å². The van der Waals surface area contributed by atoms with E-state index in [0.29, 0.717) is 11.4 Å². The van der Waals surface area contributed by atoms with Gasteiger partial charge < -0.3 is 5.32 Å². The van der Waals surface area contributed by atoms with Crippen LogP contribution >= 0.6 is 0 Å². The molecule has 1 fully saturated rings. The van der Waals surface area contributed by atoms with Gasteiger partial charge in [-0.2, -0.15) is 5.11 Å². The van der Waals surface area contributed by atoms with Crippen LogP contribution in [0.4, 0.5) is 11.4 Å². The normalized spacial score (nSPS) is 20.6. The third-order valence-corrected chi connectivity index (χ3v) is 4.87. The minimum Gasteiger partial charge on any atom is -0.324 e. The first kappa shape index (κ1) is 17.8.